The number of carbonyl (C=O) groups excluding carboxylic acids is 1. The number of nitrogens with one attached hydrogen (secondary N) is 1. The number of nitrogens with two attached hydrogens (primary N) is 1. The van der Waals surface area contributed by atoms with Gasteiger partial charge in [0.05, 0.1) is 11.3 Å². The highest BCUT2D eigenvalue weighted by Gasteiger charge is 2.21. The number of fused-ring (bicyclic) bond motifs is 1. The average molecular weight is 342 g/mol. The average Bonchev–Trinajstić information content (AvgIpc) is 2.53. The Morgan fingerprint density at radius 1 is 0.958 bits per heavy atom. The van der Waals surface area contributed by atoms with E-state index in [1.165, 1.54) is 12.1 Å². The number of benzene rings is 3. The molecule has 0 saturated heterocycles. The van der Waals surface area contributed by atoms with Crippen molar-refractivity contribution in [1.29, 1.82) is 0 Å². The minimum Gasteiger partial charge on any atom is -0.398 e. The lowest BCUT2D eigenvalue weighted by Crippen LogP contribution is -2.16. The zero-order valence-electron chi connectivity index (χ0n) is 12.4. The van der Waals surface area contributed by atoms with Gasteiger partial charge in [0, 0.05) is 11.1 Å². The van der Waals surface area contributed by atoms with Crippen LogP contribution in [0.5, 0.6) is 0 Å². The third kappa shape index (κ3) is 2.94. The fraction of sp³-hybridized carbons (Fsp3) is 0. The quantitative estimate of drug-likeness (QED) is 0.501. The lowest BCUT2D eigenvalue weighted by molar-refractivity contribution is 0.102. The topological polar surface area (TPSA) is 109 Å². The molecule has 122 valence electrons. The van der Waals surface area contributed by atoms with Crippen LogP contribution in [0.3, 0.4) is 0 Å². The van der Waals surface area contributed by atoms with Crippen LogP contribution in [0.4, 0.5) is 11.4 Å². The largest absolute Gasteiger partial charge is 0.398 e. The second-order valence-corrected chi connectivity index (χ2v) is 6.54. The normalized spacial score (nSPS) is 11.4. The molecule has 0 heterocycles. The third-order valence-electron chi connectivity index (χ3n) is 3.59. The van der Waals surface area contributed by atoms with Crippen molar-refractivity contribution in [1.82, 2.24) is 0 Å². The summed E-state index contributed by atoms with van der Waals surface area (Å²) in [4.78, 5) is 12.0. The van der Waals surface area contributed by atoms with E-state index >= 15 is 0 Å². The van der Waals surface area contributed by atoms with E-state index in [0.717, 1.165) is 0 Å². The number of carbonyl (C=O) groups is 1. The van der Waals surface area contributed by atoms with Crippen LogP contribution in [0.15, 0.2) is 65.6 Å². The first-order chi connectivity index (χ1) is 11.4. The molecule has 0 saturated carbocycles. The van der Waals surface area contributed by atoms with Gasteiger partial charge >= 0.3 is 0 Å². The predicted molar refractivity (Wildman–Crippen MR) is 92.6 cm³/mol. The molecule has 7 heteroatoms. The third-order valence-corrected chi connectivity index (χ3v) is 4.55. The Hall–Kier alpha value is -2.90. The van der Waals surface area contributed by atoms with Gasteiger partial charge in [-0.2, -0.15) is 8.42 Å². The number of nitrogen functional groups attached to an aromatic ring is 1. The van der Waals surface area contributed by atoms with E-state index in [4.69, 9.17) is 5.73 Å². The van der Waals surface area contributed by atoms with Crippen LogP contribution in [-0.2, 0) is 10.1 Å². The van der Waals surface area contributed by atoms with Crippen molar-refractivity contribution in [2.45, 2.75) is 4.90 Å². The molecule has 0 spiro atoms. The van der Waals surface area contributed by atoms with Crippen molar-refractivity contribution in [3.05, 3.63) is 66.2 Å². The second kappa shape index (κ2) is 5.95. The number of anilines is 2. The maximum atomic E-state index is 12.4. The Morgan fingerprint density at radius 2 is 1.62 bits per heavy atom. The van der Waals surface area contributed by atoms with Gasteiger partial charge < -0.3 is 11.1 Å². The van der Waals surface area contributed by atoms with Crippen molar-refractivity contribution in [2.75, 3.05) is 11.1 Å². The first kappa shape index (κ1) is 16.0. The smallest absolute Gasteiger partial charge is 0.297 e. The molecule has 3 aromatic carbocycles. The highest BCUT2D eigenvalue weighted by atomic mass is 32.2. The van der Waals surface area contributed by atoms with Crippen LogP contribution in [0.25, 0.3) is 10.8 Å². The van der Waals surface area contributed by atoms with Gasteiger partial charge in [0.25, 0.3) is 16.0 Å². The molecule has 0 fully saturated rings. The van der Waals surface area contributed by atoms with Gasteiger partial charge in [-0.25, -0.2) is 0 Å². The van der Waals surface area contributed by atoms with E-state index in [9.17, 15) is 17.8 Å². The van der Waals surface area contributed by atoms with E-state index < -0.39 is 16.0 Å². The molecule has 6 nitrogen and oxygen atoms in total. The summed E-state index contributed by atoms with van der Waals surface area (Å²) in [6.45, 7) is 0. The lowest BCUT2D eigenvalue weighted by Gasteiger charge is -2.13. The van der Waals surface area contributed by atoms with Crippen LogP contribution >= 0.6 is 0 Å². The molecule has 0 radical (unpaired) electrons. The first-order valence-electron chi connectivity index (χ1n) is 7.03. The Labute approximate surface area is 138 Å². The summed E-state index contributed by atoms with van der Waals surface area (Å²) < 4.78 is 33.3. The van der Waals surface area contributed by atoms with Crippen LogP contribution in [0.1, 0.15) is 10.4 Å². The zero-order valence-corrected chi connectivity index (χ0v) is 13.2. The van der Waals surface area contributed by atoms with Gasteiger partial charge in [-0.3, -0.25) is 9.35 Å². The number of amides is 1. The van der Waals surface area contributed by atoms with Gasteiger partial charge in [-0.05, 0) is 23.6 Å². The molecule has 4 N–H and O–H groups in total. The number of hydrogen-bond acceptors (Lipinski definition) is 4. The minimum atomic E-state index is -4.54. The number of hydrogen-bond donors (Lipinski definition) is 3. The fourth-order valence-electron chi connectivity index (χ4n) is 2.51. The van der Waals surface area contributed by atoms with Gasteiger partial charge in [-0.1, -0.05) is 42.5 Å². The van der Waals surface area contributed by atoms with Crippen molar-refractivity contribution in [2.24, 2.45) is 0 Å². The molecule has 0 aliphatic carbocycles. The molecule has 3 rings (SSSR count). The summed E-state index contributed by atoms with van der Waals surface area (Å²) in [5, 5.41) is 3.45. The van der Waals surface area contributed by atoms with Crippen LogP contribution in [0, 0.1) is 0 Å². The molecule has 0 bridgehead atoms. The molecule has 0 aromatic heterocycles. The molecule has 0 atom stereocenters. The molecule has 24 heavy (non-hydrogen) atoms. The molecule has 1 amide bonds. The van der Waals surface area contributed by atoms with Crippen molar-refractivity contribution in [3.8, 4) is 0 Å². The second-order valence-electron chi connectivity index (χ2n) is 5.18. The number of rotatable bonds is 3. The maximum absolute atomic E-state index is 12.4. The predicted octanol–water partition coefficient (Wildman–Crippen LogP) is 2.92. The Kier molecular flexibility index (Phi) is 3.96. The van der Waals surface area contributed by atoms with E-state index in [1.807, 2.05) is 0 Å². The first-order valence-corrected chi connectivity index (χ1v) is 8.47. The summed E-state index contributed by atoms with van der Waals surface area (Å²) in [6.07, 6.45) is 0. The summed E-state index contributed by atoms with van der Waals surface area (Å²) >= 11 is 0. The van der Waals surface area contributed by atoms with Gasteiger partial charge in [0.15, 0.2) is 0 Å². The van der Waals surface area contributed by atoms with Gasteiger partial charge in [0.2, 0.25) is 0 Å². The van der Waals surface area contributed by atoms with E-state index in [1.54, 1.807) is 48.5 Å². The summed E-state index contributed by atoms with van der Waals surface area (Å²) in [5.74, 6) is -0.562. The Morgan fingerprint density at radius 3 is 2.33 bits per heavy atom. The van der Waals surface area contributed by atoms with E-state index in [0.29, 0.717) is 10.8 Å². The molecular formula is C17H14N2O4S. The fourth-order valence-corrected chi connectivity index (χ4v) is 3.37. The summed E-state index contributed by atoms with van der Waals surface area (Å²) in [5.41, 5.74) is 6.23. The molecule has 0 aliphatic heterocycles. The standard InChI is InChI=1S/C17H14N2O4S/c18-14-8-4-3-7-13(14)17(20)19-15-10-9-11-5-1-2-6-12(11)16(15)24(21,22)23/h1-10H,18H2,(H,19,20)(H,21,22,23). The van der Waals surface area contributed by atoms with Crippen molar-refractivity contribution >= 4 is 38.2 Å². The monoisotopic (exact) mass is 342 g/mol. The Bertz CT molecular complexity index is 1050. The molecule has 3 aromatic rings. The molecule has 0 unspecified atom stereocenters. The summed E-state index contributed by atoms with van der Waals surface area (Å²) in [7, 11) is -4.54. The van der Waals surface area contributed by atoms with E-state index in [-0.39, 0.29) is 21.8 Å². The molecule has 0 aliphatic rings. The SMILES string of the molecule is Nc1ccccc1C(=O)Nc1ccc2ccccc2c1S(=O)(=O)O. The zero-order chi connectivity index (χ0) is 17.3. The van der Waals surface area contributed by atoms with Crippen LogP contribution in [-0.4, -0.2) is 18.9 Å². The Balaban J connectivity index is 2.13. The van der Waals surface area contributed by atoms with Crippen LogP contribution in [0.2, 0.25) is 0 Å². The number of para-hydroxylation sites is 1. The molecular weight excluding hydrogens is 328 g/mol. The van der Waals surface area contributed by atoms with Crippen molar-refractivity contribution in [3.63, 3.8) is 0 Å². The van der Waals surface area contributed by atoms with Gasteiger partial charge in [-0.15, -0.1) is 0 Å². The van der Waals surface area contributed by atoms with Crippen LogP contribution < -0.4 is 11.1 Å². The minimum absolute atomic E-state index is 0.00977. The summed E-state index contributed by atoms with van der Waals surface area (Å²) in [6, 6.07) is 16.2. The highest BCUT2D eigenvalue weighted by molar-refractivity contribution is 7.86. The van der Waals surface area contributed by atoms with E-state index in [2.05, 4.69) is 5.32 Å². The van der Waals surface area contributed by atoms with Gasteiger partial charge in [0.1, 0.15) is 4.90 Å². The van der Waals surface area contributed by atoms with Crippen molar-refractivity contribution < 1.29 is 17.8 Å². The lowest BCUT2D eigenvalue weighted by atomic mass is 10.1. The highest BCUT2D eigenvalue weighted by Crippen LogP contribution is 2.31. The maximum Gasteiger partial charge on any atom is 0.297 e.